The van der Waals surface area contributed by atoms with Crippen LogP contribution in [0.1, 0.15) is 45.0 Å². The molecule has 2 rings (SSSR count). The van der Waals surface area contributed by atoms with Crippen LogP contribution in [0.25, 0.3) is 0 Å². The number of carbonyl (C=O) groups excluding carboxylic acids is 1. The molecule has 0 bridgehead atoms. The Morgan fingerprint density at radius 2 is 1.72 bits per heavy atom. The van der Waals surface area contributed by atoms with Crippen LogP contribution in [-0.2, 0) is 0 Å². The van der Waals surface area contributed by atoms with E-state index in [1.165, 1.54) is 0 Å². The zero-order chi connectivity index (χ0) is 18.7. The normalized spacial score (nSPS) is 18.0. The molecule has 1 aromatic rings. The molecule has 1 unspecified atom stereocenters. The van der Waals surface area contributed by atoms with Crippen LogP contribution in [-0.4, -0.2) is 60.2 Å². The van der Waals surface area contributed by atoms with Gasteiger partial charge in [-0.3, -0.25) is 9.69 Å². The van der Waals surface area contributed by atoms with Crippen LogP contribution in [0.3, 0.4) is 0 Å². The summed E-state index contributed by atoms with van der Waals surface area (Å²) in [6, 6.07) is 7.19. The van der Waals surface area contributed by atoms with E-state index in [4.69, 9.17) is 4.74 Å². The zero-order valence-electron chi connectivity index (χ0n) is 16.1. The first-order valence-corrected chi connectivity index (χ1v) is 9.04. The van der Waals surface area contributed by atoms with Gasteiger partial charge in [0.15, 0.2) is 5.78 Å². The van der Waals surface area contributed by atoms with Crippen molar-refractivity contribution in [1.29, 1.82) is 0 Å². The predicted molar refractivity (Wildman–Crippen MR) is 100 cm³/mol. The molecule has 5 nitrogen and oxygen atoms in total. The van der Waals surface area contributed by atoms with Gasteiger partial charge < -0.3 is 15.2 Å². The fourth-order valence-electron chi connectivity index (χ4n) is 2.84. The van der Waals surface area contributed by atoms with Gasteiger partial charge in [-0.1, -0.05) is 20.8 Å². The molecule has 5 heteroatoms. The Bertz CT molecular complexity index is 570. The van der Waals surface area contributed by atoms with E-state index in [0.717, 1.165) is 26.2 Å². The third-order valence-corrected chi connectivity index (χ3v) is 4.62. The number of benzene rings is 1. The van der Waals surface area contributed by atoms with E-state index in [1.807, 2.05) is 34.6 Å². The highest BCUT2D eigenvalue weighted by molar-refractivity contribution is 5.99. The van der Waals surface area contributed by atoms with Crippen LogP contribution >= 0.6 is 0 Å². The molecular weight excluding hydrogens is 316 g/mol. The minimum Gasteiger partial charge on any atom is -0.485 e. The number of piperazine rings is 1. The summed E-state index contributed by atoms with van der Waals surface area (Å²) in [5, 5.41) is 13.9. The van der Waals surface area contributed by atoms with E-state index in [0.29, 0.717) is 17.9 Å². The Labute approximate surface area is 151 Å². The maximum absolute atomic E-state index is 12.3. The monoisotopic (exact) mass is 348 g/mol. The van der Waals surface area contributed by atoms with Gasteiger partial charge in [-0.15, -0.1) is 0 Å². The topological polar surface area (TPSA) is 61.8 Å². The highest BCUT2D eigenvalue weighted by atomic mass is 16.5. The first kappa shape index (κ1) is 19.9. The van der Waals surface area contributed by atoms with Crippen molar-refractivity contribution < 1.29 is 14.6 Å². The maximum Gasteiger partial charge on any atom is 0.168 e. The number of ether oxygens (including phenoxy) is 1. The molecule has 1 heterocycles. The third-order valence-electron chi connectivity index (χ3n) is 4.62. The second-order valence-electron chi connectivity index (χ2n) is 8.38. The first-order valence-electron chi connectivity index (χ1n) is 9.04. The molecule has 0 amide bonds. The van der Waals surface area contributed by atoms with E-state index >= 15 is 0 Å². The Balaban J connectivity index is 1.98. The van der Waals surface area contributed by atoms with Crippen LogP contribution in [0.15, 0.2) is 24.3 Å². The second kappa shape index (κ2) is 7.85. The Morgan fingerprint density at radius 1 is 1.16 bits per heavy atom. The molecule has 25 heavy (non-hydrogen) atoms. The lowest BCUT2D eigenvalue weighted by atomic mass is 9.86. The molecule has 140 valence electrons. The standard InChI is InChI=1S/C20H32N2O3/c1-19(2,3)18(24)15-6-8-16(9-7-15)25-20(4,5)17(23)14-22-12-10-21-11-13-22/h6-9,17,21,23H,10-14H2,1-5H3. The van der Waals surface area contributed by atoms with Crippen molar-refractivity contribution in [2.24, 2.45) is 5.41 Å². The van der Waals surface area contributed by atoms with Crippen LogP contribution in [0, 0.1) is 5.41 Å². The molecule has 1 atom stereocenters. The smallest absolute Gasteiger partial charge is 0.168 e. The number of carbonyl (C=O) groups is 1. The lowest BCUT2D eigenvalue weighted by Gasteiger charge is -2.36. The van der Waals surface area contributed by atoms with Gasteiger partial charge in [-0.05, 0) is 38.1 Å². The molecule has 1 aliphatic rings. The summed E-state index contributed by atoms with van der Waals surface area (Å²) in [4.78, 5) is 14.5. The number of aliphatic hydroxyl groups excluding tert-OH is 1. The summed E-state index contributed by atoms with van der Waals surface area (Å²) in [5.41, 5.74) is -0.430. The van der Waals surface area contributed by atoms with E-state index < -0.39 is 17.1 Å². The van der Waals surface area contributed by atoms with Crippen molar-refractivity contribution in [3.63, 3.8) is 0 Å². The van der Waals surface area contributed by atoms with Crippen molar-refractivity contribution >= 4 is 5.78 Å². The molecule has 1 aliphatic heterocycles. The van der Waals surface area contributed by atoms with E-state index in [2.05, 4.69) is 10.2 Å². The van der Waals surface area contributed by atoms with Gasteiger partial charge in [0.1, 0.15) is 17.5 Å². The van der Waals surface area contributed by atoms with Gasteiger partial charge in [-0.2, -0.15) is 0 Å². The molecule has 0 radical (unpaired) electrons. The number of aliphatic hydroxyl groups is 1. The molecule has 0 aliphatic carbocycles. The van der Waals surface area contributed by atoms with E-state index in [9.17, 15) is 9.90 Å². The van der Waals surface area contributed by atoms with Crippen molar-refractivity contribution in [1.82, 2.24) is 10.2 Å². The molecule has 1 fully saturated rings. The van der Waals surface area contributed by atoms with Gasteiger partial charge in [0, 0.05) is 43.7 Å². The molecule has 0 spiro atoms. The van der Waals surface area contributed by atoms with Gasteiger partial charge in [0.25, 0.3) is 0 Å². The minimum atomic E-state index is -0.708. The molecule has 1 saturated heterocycles. The molecular formula is C20H32N2O3. The first-order chi connectivity index (χ1) is 11.6. The van der Waals surface area contributed by atoms with Gasteiger partial charge in [0.05, 0.1) is 0 Å². The highest BCUT2D eigenvalue weighted by Crippen LogP contribution is 2.25. The number of rotatable bonds is 6. The zero-order valence-corrected chi connectivity index (χ0v) is 16.1. The van der Waals surface area contributed by atoms with Crippen molar-refractivity contribution in [3.8, 4) is 5.75 Å². The Morgan fingerprint density at radius 3 is 2.24 bits per heavy atom. The number of nitrogens with one attached hydrogen (secondary N) is 1. The summed E-state index contributed by atoms with van der Waals surface area (Å²) in [6.07, 6.45) is -0.596. The molecule has 2 N–H and O–H groups in total. The average molecular weight is 348 g/mol. The third kappa shape index (κ3) is 5.53. The SMILES string of the molecule is CC(C)(C)C(=O)c1ccc(OC(C)(C)C(O)CN2CCNCC2)cc1. The highest BCUT2D eigenvalue weighted by Gasteiger charge is 2.32. The van der Waals surface area contributed by atoms with Crippen LogP contribution in [0.2, 0.25) is 0 Å². The van der Waals surface area contributed by atoms with Gasteiger partial charge in [0.2, 0.25) is 0 Å². The number of nitrogens with zero attached hydrogens (tertiary/aromatic N) is 1. The van der Waals surface area contributed by atoms with Crippen molar-refractivity contribution in [2.75, 3.05) is 32.7 Å². The van der Waals surface area contributed by atoms with E-state index in [-0.39, 0.29) is 5.78 Å². The van der Waals surface area contributed by atoms with Crippen LogP contribution in [0.4, 0.5) is 0 Å². The van der Waals surface area contributed by atoms with Crippen molar-refractivity contribution in [2.45, 2.75) is 46.3 Å². The molecule has 1 aromatic carbocycles. The number of hydrogen-bond donors (Lipinski definition) is 2. The van der Waals surface area contributed by atoms with Crippen LogP contribution in [0.5, 0.6) is 5.75 Å². The summed E-state index contributed by atoms with van der Waals surface area (Å²) in [5.74, 6) is 0.770. The fraction of sp³-hybridized carbons (Fsp3) is 0.650. The summed E-state index contributed by atoms with van der Waals surface area (Å²) in [7, 11) is 0. The Kier molecular flexibility index (Phi) is 6.25. The molecule has 0 saturated carbocycles. The largest absolute Gasteiger partial charge is 0.485 e. The second-order valence-corrected chi connectivity index (χ2v) is 8.38. The summed E-state index contributed by atoms with van der Waals surface area (Å²) in [6.45, 7) is 13.9. The van der Waals surface area contributed by atoms with Crippen LogP contribution < -0.4 is 10.1 Å². The predicted octanol–water partition coefficient (Wildman–Crippen LogP) is 2.34. The lowest BCUT2D eigenvalue weighted by Crippen LogP contribution is -2.52. The molecule has 0 aromatic heterocycles. The van der Waals surface area contributed by atoms with E-state index in [1.54, 1.807) is 24.3 Å². The average Bonchev–Trinajstić information content (AvgIpc) is 2.54. The number of hydrogen-bond acceptors (Lipinski definition) is 5. The van der Waals surface area contributed by atoms with Gasteiger partial charge >= 0.3 is 0 Å². The lowest BCUT2D eigenvalue weighted by molar-refractivity contribution is -0.0456. The summed E-state index contributed by atoms with van der Waals surface area (Å²) < 4.78 is 6.02. The van der Waals surface area contributed by atoms with Crippen molar-refractivity contribution in [3.05, 3.63) is 29.8 Å². The minimum absolute atomic E-state index is 0.108. The maximum atomic E-state index is 12.3. The Hall–Kier alpha value is -1.43. The summed E-state index contributed by atoms with van der Waals surface area (Å²) >= 11 is 0. The number of β-amino-alcohol motifs (C(OH)–C–C–N with tert-alkyl or cyclic N) is 1. The quantitative estimate of drug-likeness (QED) is 0.773. The number of ketones is 1. The van der Waals surface area contributed by atoms with Gasteiger partial charge in [-0.25, -0.2) is 0 Å². The fourth-order valence-corrected chi connectivity index (χ4v) is 2.84. The number of Topliss-reactive ketones (excluding diaryl/α,β-unsaturated/α-hetero) is 1.